The molecule has 0 aromatic carbocycles. The summed E-state index contributed by atoms with van der Waals surface area (Å²) in [6, 6.07) is 3.66. The number of rotatable bonds is 2. The number of hydrogen-bond donors (Lipinski definition) is 1. The van der Waals surface area contributed by atoms with Gasteiger partial charge in [0.2, 0.25) is 5.43 Å². The predicted octanol–water partition coefficient (Wildman–Crippen LogP) is 2.52. The van der Waals surface area contributed by atoms with E-state index in [4.69, 9.17) is 0 Å². The van der Waals surface area contributed by atoms with Gasteiger partial charge in [-0.25, -0.2) is 9.78 Å². The Morgan fingerprint density at radius 2 is 2.05 bits per heavy atom. The zero-order valence-corrected chi connectivity index (χ0v) is 11.3. The Balaban J connectivity index is 2.35. The van der Waals surface area contributed by atoms with Crippen LogP contribution in [0.2, 0.25) is 0 Å². The molecule has 5 nitrogen and oxygen atoms in total. The summed E-state index contributed by atoms with van der Waals surface area (Å²) in [4.78, 5) is 27.9. The number of carboxylic acids is 1. The van der Waals surface area contributed by atoms with Crippen LogP contribution in [-0.2, 0) is 0 Å². The van der Waals surface area contributed by atoms with Gasteiger partial charge in [0, 0.05) is 17.9 Å². The van der Waals surface area contributed by atoms with Gasteiger partial charge in [-0.2, -0.15) is 0 Å². The molecule has 2 aromatic rings. The molecule has 104 valence electrons. The van der Waals surface area contributed by atoms with Crippen LogP contribution >= 0.6 is 0 Å². The van der Waals surface area contributed by atoms with E-state index in [1.807, 2.05) is 11.5 Å². The topological polar surface area (TPSA) is 72.2 Å². The van der Waals surface area contributed by atoms with Crippen LogP contribution in [-0.4, -0.2) is 20.6 Å². The lowest BCUT2D eigenvalue weighted by Gasteiger charge is -2.18. The zero-order chi connectivity index (χ0) is 14.3. The summed E-state index contributed by atoms with van der Waals surface area (Å²) in [6.07, 6.45) is 5.74. The molecule has 0 amide bonds. The Kier molecular flexibility index (Phi) is 3.04. The average Bonchev–Trinajstić information content (AvgIpc) is 2.92. The van der Waals surface area contributed by atoms with Gasteiger partial charge in [0.1, 0.15) is 11.2 Å². The molecular formula is C15H16N2O3. The number of aromatic carboxylic acids is 1. The predicted molar refractivity (Wildman–Crippen MR) is 75.2 cm³/mol. The maximum absolute atomic E-state index is 12.2. The van der Waals surface area contributed by atoms with Crippen molar-refractivity contribution in [2.24, 2.45) is 0 Å². The number of aromatic nitrogens is 2. The summed E-state index contributed by atoms with van der Waals surface area (Å²) in [5.41, 5.74) is 0.808. The van der Waals surface area contributed by atoms with Gasteiger partial charge in [-0.15, -0.1) is 0 Å². The molecule has 1 fully saturated rings. The van der Waals surface area contributed by atoms with Gasteiger partial charge < -0.3 is 9.67 Å². The second kappa shape index (κ2) is 4.74. The van der Waals surface area contributed by atoms with Crippen molar-refractivity contribution in [3.63, 3.8) is 0 Å². The van der Waals surface area contributed by atoms with Crippen molar-refractivity contribution in [1.82, 2.24) is 9.55 Å². The highest BCUT2D eigenvalue weighted by Gasteiger charge is 2.22. The average molecular weight is 272 g/mol. The number of fused-ring (bicyclic) bond motifs is 1. The fraction of sp³-hybridized carbons (Fsp3) is 0.400. The molecule has 3 rings (SSSR count). The number of carboxylic acid groups (broad SMARTS) is 1. The Bertz CT molecular complexity index is 743. The van der Waals surface area contributed by atoms with Gasteiger partial charge in [0.25, 0.3) is 0 Å². The molecule has 0 bridgehead atoms. The minimum Gasteiger partial charge on any atom is -0.477 e. The number of pyridine rings is 2. The first-order valence-electron chi connectivity index (χ1n) is 6.83. The van der Waals surface area contributed by atoms with Crippen molar-refractivity contribution in [1.29, 1.82) is 0 Å². The van der Waals surface area contributed by atoms with Crippen LogP contribution < -0.4 is 5.43 Å². The molecule has 1 N–H and O–H groups in total. The maximum atomic E-state index is 12.2. The summed E-state index contributed by atoms with van der Waals surface area (Å²) < 4.78 is 1.89. The lowest BCUT2D eigenvalue weighted by atomic mass is 10.1. The van der Waals surface area contributed by atoms with Crippen molar-refractivity contribution in [2.75, 3.05) is 0 Å². The Hall–Kier alpha value is -2.17. The lowest BCUT2D eigenvalue weighted by Crippen LogP contribution is -2.21. The quantitative estimate of drug-likeness (QED) is 0.911. The number of nitrogens with zero attached hydrogens (tertiary/aromatic N) is 2. The summed E-state index contributed by atoms with van der Waals surface area (Å²) in [6.45, 7) is 1.87. The van der Waals surface area contributed by atoms with Crippen molar-refractivity contribution in [3.8, 4) is 0 Å². The van der Waals surface area contributed by atoms with Crippen molar-refractivity contribution in [2.45, 2.75) is 38.6 Å². The van der Waals surface area contributed by atoms with E-state index in [0.29, 0.717) is 11.0 Å². The summed E-state index contributed by atoms with van der Waals surface area (Å²) in [5, 5.41) is 9.60. The third-order valence-corrected chi connectivity index (χ3v) is 3.96. The normalized spacial score (nSPS) is 15.8. The van der Waals surface area contributed by atoms with Gasteiger partial charge in [-0.1, -0.05) is 12.8 Å². The van der Waals surface area contributed by atoms with Gasteiger partial charge in [-0.3, -0.25) is 4.79 Å². The third-order valence-electron chi connectivity index (χ3n) is 3.96. The van der Waals surface area contributed by atoms with Crippen LogP contribution in [0.3, 0.4) is 0 Å². The van der Waals surface area contributed by atoms with E-state index >= 15 is 0 Å². The molecule has 1 saturated carbocycles. The highest BCUT2D eigenvalue weighted by molar-refractivity contribution is 5.91. The van der Waals surface area contributed by atoms with Crippen LogP contribution in [0.5, 0.6) is 0 Å². The molecule has 0 radical (unpaired) electrons. The molecule has 2 aromatic heterocycles. The summed E-state index contributed by atoms with van der Waals surface area (Å²) >= 11 is 0. The SMILES string of the molecule is Cc1ccc2c(=O)c(C(=O)O)cn(C3CCCC3)c2n1. The third kappa shape index (κ3) is 1.99. The first-order chi connectivity index (χ1) is 9.58. The van der Waals surface area contributed by atoms with Gasteiger partial charge in [0.05, 0.1) is 5.39 Å². The molecule has 0 aliphatic heterocycles. The number of aryl methyl sites for hydroxylation is 1. The van der Waals surface area contributed by atoms with E-state index in [-0.39, 0.29) is 11.6 Å². The molecule has 5 heteroatoms. The fourth-order valence-electron chi connectivity index (χ4n) is 2.93. The highest BCUT2D eigenvalue weighted by atomic mass is 16.4. The number of hydrogen-bond acceptors (Lipinski definition) is 3. The Morgan fingerprint density at radius 1 is 1.35 bits per heavy atom. The fourth-order valence-corrected chi connectivity index (χ4v) is 2.93. The summed E-state index contributed by atoms with van der Waals surface area (Å²) in [7, 11) is 0. The second-order valence-electron chi connectivity index (χ2n) is 5.35. The molecule has 0 spiro atoms. The molecule has 1 aliphatic rings. The van der Waals surface area contributed by atoms with Crippen LogP contribution in [0.15, 0.2) is 23.1 Å². The van der Waals surface area contributed by atoms with E-state index < -0.39 is 11.4 Å². The number of carbonyl (C=O) groups is 1. The monoisotopic (exact) mass is 272 g/mol. The molecule has 1 aliphatic carbocycles. The van der Waals surface area contributed by atoms with Crippen molar-refractivity contribution >= 4 is 17.0 Å². The minimum absolute atomic E-state index is 0.171. The van der Waals surface area contributed by atoms with Gasteiger partial charge in [0.15, 0.2) is 0 Å². The second-order valence-corrected chi connectivity index (χ2v) is 5.35. The molecule has 0 unspecified atom stereocenters. The molecular weight excluding hydrogens is 256 g/mol. The van der Waals surface area contributed by atoms with Gasteiger partial charge in [-0.05, 0) is 31.9 Å². The molecule has 0 saturated heterocycles. The maximum Gasteiger partial charge on any atom is 0.341 e. The van der Waals surface area contributed by atoms with Crippen LogP contribution in [0.25, 0.3) is 11.0 Å². The highest BCUT2D eigenvalue weighted by Crippen LogP contribution is 2.31. The summed E-state index contributed by atoms with van der Waals surface area (Å²) in [5.74, 6) is -1.18. The van der Waals surface area contributed by atoms with E-state index in [1.54, 1.807) is 12.1 Å². The first-order valence-corrected chi connectivity index (χ1v) is 6.83. The standard InChI is InChI=1S/C15H16N2O3/c1-9-6-7-11-13(18)12(15(19)20)8-17(14(11)16-9)10-4-2-3-5-10/h6-8,10H,2-5H2,1H3,(H,19,20). The van der Waals surface area contributed by atoms with Gasteiger partial charge >= 0.3 is 5.97 Å². The van der Waals surface area contributed by atoms with E-state index in [2.05, 4.69) is 4.98 Å². The lowest BCUT2D eigenvalue weighted by molar-refractivity contribution is 0.0694. The van der Waals surface area contributed by atoms with Crippen LogP contribution in [0, 0.1) is 6.92 Å². The molecule has 2 heterocycles. The Labute approximate surface area is 115 Å². The van der Waals surface area contributed by atoms with Crippen molar-refractivity contribution in [3.05, 3.63) is 39.8 Å². The Morgan fingerprint density at radius 3 is 2.70 bits per heavy atom. The van der Waals surface area contributed by atoms with E-state index in [9.17, 15) is 14.7 Å². The van der Waals surface area contributed by atoms with E-state index in [1.165, 1.54) is 6.20 Å². The molecule has 0 atom stereocenters. The van der Waals surface area contributed by atoms with Crippen LogP contribution in [0.4, 0.5) is 0 Å². The smallest absolute Gasteiger partial charge is 0.341 e. The molecule has 20 heavy (non-hydrogen) atoms. The van der Waals surface area contributed by atoms with E-state index in [0.717, 1.165) is 31.4 Å². The minimum atomic E-state index is -1.18. The zero-order valence-electron chi connectivity index (χ0n) is 11.3. The van der Waals surface area contributed by atoms with Crippen molar-refractivity contribution < 1.29 is 9.90 Å². The van der Waals surface area contributed by atoms with Crippen LogP contribution in [0.1, 0.15) is 47.8 Å². The largest absolute Gasteiger partial charge is 0.477 e. The first kappa shape index (κ1) is 12.8.